The number of carbonyl (C=O) groups excluding carboxylic acids is 1. The molecule has 1 saturated heterocycles. The van der Waals surface area contributed by atoms with E-state index in [0.29, 0.717) is 5.82 Å². The van der Waals surface area contributed by atoms with Crippen molar-refractivity contribution in [2.24, 2.45) is 5.41 Å². The molecule has 8 nitrogen and oxygen atoms in total. The van der Waals surface area contributed by atoms with E-state index in [4.69, 9.17) is 0 Å². The van der Waals surface area contributed by atoms with Crippen LogP contribution in [0.15, 0.2) is 12.5 Å². The summed E-state index contributed by atoms with van der Waals surface area (Å²) >= 11 is 0. The van der Waals surface area contributed by atoms with Crippen LogP contribution in [0.3, 0.4) is 0 Å². The largest absolute Gasteiger partial charge is 0.310 e. The maximum atomic E-state index is 12.2. The van der Waals surface area contributed by atoms with Crippen LogP contribution < -0.4 is 5.32 Å². The highest BCUT2D eigenvalue weighted by Gasteiger charge is 2.23. The van der Waals surface area contributed by atoms with Gasteiger partial charge in [0.2, 0.25) is 5.91 Å². The van der Waals surface area contributed by atoms with E-state index >= 15 is 0 Å². The SMILES string of the molecule is CN1CCN(CCCn2ncc3c(NC(=O)C(C)(C)C)ncnc32)CC1. The molecule has 0 aromatic carbocycles. The summed E-state index contributed by atoms with van der Waals surface area (Å²) < 4.78 is 1.90. The number of nitrogens with one attached hydrogen (secondary N) is 1. The summed E-state index contributed by atoms with van der Waals surface area (Å²) in [4.78, 5) is 25.7. The van der Waals surface area contributed by atoms with Crippen LogP contribution in [0.25, 0.3) is 11.0 Å². The molecule has 2 aromatic rings. The molecule has 0 spiro atoms. The van der Waals surface area contributed by atoms with E-state index in [1.165, 1.54) is 6.33 Å². The molecule has 0 unspecified atom stereocenters. The minimum absolute atomic E-state index is 0.0692. The molecule has 1 aliphatic heterocycles. The first-order chi connectivity index (χ1) is 12.3. The molecule has 0 radical (unpaired) electrons. The van der Waals surface area contributed by atoms with Gasteiger partial charge >= 0.3 is 0 Å². The van der Waals surface area contributed by atoms with Crippen LogP contribution in [-0.4, -0.2) is 75.2 Å². The topological polar surface area (TPSA) is 79.2 Å². The maximum absolute atomic E-state index is 12.2. The van der Waals surface area contributed by atoms with Gasteiger partial charge in [-0.15, -0.1) is 0 Å². The highest BCUT2D eigenvalue weighted by molar-refractivity contribution is 6.00. The minimum atomic E-state index is -0.476. The van der Waals surface area contributed by atoms with Gasteiger partial charge in [0.05, 0.1) is 11.6 Å². The van der Waals surface area contributed by atoms with E-state index < -0.39 is 5.41 Å². The fraction of sp³-hybridized carbons (Fsp3) is 0.667. The average Bonchev–Trinajstić information content (AvgIpc) is 3.00. The zero-order valence-corrected chi connectivity index (χ0v) is 16.2. The molecule has 0 saturated carbocycles. The highest BCUT2D eigenvalue weighted by atomic mass is 16.2. The van der Waals surface area contributed by atoms with Gasteiger partial charge in [0, 0.05) is 44.7 Å². The number of piperazine rings is 1. The number of amides is 1. The third kappa shape index (κ3) is 4.37. The van der Waals surface area contributed by atoms with Gasteiger partial charge in [-0.2, -0.15) is 5.10 Å². The summed E-state index contributed by atoms with van der Waals surface area (Å²) in [7, 11) is 2.17. The van der Waals surface area contributed by atoms with Crippen LogP contribution in [0, 0.1) is 5.41 Å². The molecule has 26 heavy (non-hydrogen) atoms. The van der Waals surface area contributed by atoms with Crippen LogP contribution in [-0.2, 0) is 11.3 Å². The van der Waals surface area contributed by atoms with Gasteiger partial charge in [-0.1, -0.05) is 20.8 Å². The second kappa shape index (κ2) is 7.67. The van der Waals surface area contributed by atoms with Gasteiger partial charge in [-0.3, -0.25) is 4.79 Å². The van der Waals surface area contributed by atoms with Gasteiger partial charge in [0.15, 0.2) is 5.65 Å². The van der Waals surface area contributed by atoms with Crippen LogP contribution >= 0.6 is 0 Å². The lowest BCUT2D eigenvalue weighted by atomic mass is 9.96. The summed E-state index contributed by atoms with van der Waals surface area (Å²) in [6, 6.07) is 0. The number of anilines is 1. The van der Waals surface area contributed by atoms with Crippen LogP contribution in [0.2, 0.25) is 0 Å². The number of carbonyl (C=O) groups is 1. The number of rotatable bonds is 5. The molecule has 142 valence electrons. The average molecular weight is 359 g/mol. The number of aromatic nitrogens is 4. The molecule has 0 aliphatic carbocycles. The van der Waals surface area contributed by atoms with Crippen molar-refractivity contribution in [3.05, 3.63) is 12.5 Å². The Bertz CT molecular complexity index is 756. The lowest BCUT2D eigenvalue weighted by molar-refractivity contribution is -0.123. The van der Waals surface area contributed by atoms with E-state index in [1.807, 2.05) is 25.5 Å². The maximum Gasteiger partial charge on any atom is 0.230 e. The Morgan fingerprint density at radius 1 is 1.15 bits per heavy atom. The van der Waals surface area contributed by atoms with Crippen molar-refractivity contribution >= 4 is 22.8 Å². The van der Waals surface area contributed by atoms with Crippen molar-refractivity contribution in [2.75, 3.05) is 45.1 Å². The Hall–Kier alpha value is -2.06. The van der Waals surface area contributed by atoms with Crippen LogP contribution in [0.1, 0.15) is 27.2 Å². The van der Waals surface area contributed by atoms with Crippen molar-refractivity contribution < 1.29 is 4.79 Å². The Morgan fingerprint density at radius 2 is 1.88 bits per heavy atom. The second-order valence-corrected chi connectivity index (χ2v) is 8.03. The van der Waals surface area contributed by atoms with E-state index in [1.54, 1.807) is 6.20 Å². The van der Waals surface area contributed by atoms with Gasteiger partial charge in [0.1, 0.15) is 12.1 Å². The predicted molar refractivity (Wildman–Crippen MR) is 102 cm³/mol. The molecule has 1 N–H and O–H groups in total. The zero-order valence-electron chi connectivity index (χ0n) is 16.2. The normalized spacial score (nSPS) is 16.9. The molecule has 8 heteroatoms. The van der Waals surface area contributed by atoms with Gasteiger partial charge in [-0.25, -0.2) is 14.6 Å². The fourth-order valence-electron chi connectivity index (χ4n) is 2.97. The number of aryl methyl sites for hydroxylation is 1. The van der Waals surface area contributed by atoms with Crippen molar-refractivity contribution in [2.45, 2.75) is 33.7 Å². The van der Waals surface area contributed by atoms with Crippen molar-refractivity contribution in [1.82, 2.24) is 29.5 Å². The van der Waals surface area contributed by atoms with Crippen LogP contribution in [0.5, 0.6) is 0 Å². The quantitative estimate of drug-likeness (QED) is 0.870. The summed E-state index contributed by atoms with van der Waals surface area (Å²) in [5.41, 5.74) is 0.290. The van der Waals surface area contributed by atoms with E-state index in [0.717, 1.165) is 56.7 Å². The number of fused-ring (bicyclic) bond motifs is 1. The summed E-state index contributed by atoms with van der Waals surface area (Å²) in [5, 5.41) is 8.13. The molecular weight excluding hydrogens is 330 g/mol. The summed E-state index contributed by atoms with van der Waals surface area (Å²) in [6.45, 7) is 12.0. The Labute approximate surface area is 154 Å². The fourth-order valence-corrected chi connectivity index (χ4v) is 2.97. The molecule has 3 rings (SSSR count). The van der Waals surface area contributed by atoms with Gasteiger partial charge in [-0.05, 0) is 13.5 Å². The molecule has 3 heterocycles. The smallest absolute Gasteiger partial charge is 0.230 e. The molecule has 0 bridgehead atoms. The monoisotopic (exact) mass is 359 g/mol. The number of nitrogens with zero attached hydrogens (tertiary/aromatic N) is 6. The van der Waals surface area contributed by atoms with Crippen LogP contribution in [0.4, 0.5) is 5.82 Å². The number of hydrogen-bond donors (Lipinski definition) is 1. The van der Waals surface area contributed by atoms with E-state index in [2.05, 4.69) is 37.2 Å². The van der Waals surface area contributed by atoms with Crippen molar-refractivity contribution in [1.29, 1.82) is 0 Å². The standard InChI is InChI=1S/C18H29N7O/c1-18(2,3)17(26)22-15-14-12-21-25(16(14)20-13-19-15)7-5-6-24-10-8-23(4)9-11-24/h12-13H,5-11H2,1-4H3,(H,19,20,22,26). The Morgan fingerprint density at radius 3 is 2.58 bits per heavy atom. The summed E-state index contributed by atoms with van der Waals surface area (Å²) in [6.07, 6.45) is 4.25. The third-order valence-electron chi connectivity index (χ3n) is 4.79. The van der Waals surface area contributed by atoms with Crippen molar-refractivity contribution in [3.8, 4) is 0 Å². The molecule has 2 aromatic heterocycles. The second-order valence-electron chi connectivity index (χ2n) is 8.03. The first kappa shape index (κ1) is 18.7. The molecule has 1 fully saturated rings. The highest BCUT2D eigenvalue weighted by Crippen LogP contribution is 2.22. The molecule has 1 aliphatic rings. The zero-order chi connectivity index (χ0) is 18.7. The Kier molecular flexibility index (Phi) is 5.52. The summed E-state index contributed by atoms with van der Waals surface area (Å²) in [5.74, 6) is 0.459. The van der Waals surface area contributed by atoms with Gasteiger partial charge in [0.25, 0.3) is 0 Å². The number of hydrogen-bond acceptors (Lipinski definition) is 6. The van der Waals surface area contributed by atoms with E-state index in [-0.39, 0.29) is 5.91 Å². The lowest BCUT2D eigenvalue weighted by Crippen LogP contribution is -2.44. The first-order valence-corrected chi connectivity index (χ1v) is 9.23. The third-order valence-corrected chi connectivity index (χ3v) is 4.79. The Balaban J connectivity index is 1.63. The van der Waals surface area contributed by atoms with E-state index in [9.17, 15) is 4.79 Å². The lowest BCUT2D eigenvalue weighted by Gasteiger charge is -2.32. The molecule has 0 atom stereocenters. The molecular formula is C18H29N7O. The number of likely N-dealkylation sites (N-methyl/N-ethyl adjacent to an activating group) is 1. The predicted octanol–water partition coefficient (Wildman–Crippen LogP) is 1.45. The first-order valence-electron chi connectivity index (χ1n) is 9.23. The van der Waals surface area contributed by atoms with Crippen molar-refractivity contribution in [3.63, 3.8) is 0 Å². The van der Waals surface area contributed by atoms with Gasteiger partial charge < -0.3 is 15.1 Å². The minimum Gasteiger partial charge on any atom is -0.310 e. The molecule has 1 amide bonds.